The molecule has 0 unspecified atom stereocenters. The Hall–Kier alpha value is -1.89. The molecule has 7 nitrogen and oxygen atoms in total. The highest BCUT2D eigenvalue weighted by atomic mass is 16.4. The summed E-state index contributed by atoms with van der Waals surface area (Å²) < 4.78 is 0.465. The van der Waals surface area contributed by atoms with E-state index in [1.165, 1.54) is 0 Å². The van der Waals surface area contributed by atoms with Gasteiger partial charge in [-0.05, 0) is 0 Å². The number of aromatic carboxylic acids is 1. The van der Waals surface area contributed by atoms with Gasteiger partial charge in [-0.15, -0.1) is 0 Å². The maximum atomic E-state index is 10.9. The minimum Gasteiger partial charge on any atom is -0.477 e. The maximum absolute atomic E-state index is 10.9. The number of hydrogen-bond donors (Lipinski definition) is 3. The zero-order valence-corrected chi connectivity index (χ0v) is 6.35. The smallest absolute Gasteiger partial charge is 0.352 e. The largest absolute Gasteiger partial charge is 0.477 e. The molecule has 0 atom stereocenters. The van der Waals surface area contributed by atoms with Gasteiger partial charge in [-0.25, -0.2) is 14.2 Å². The van der Waals surface area contributed by atoms with Gasteiger partial charge in [-0.1, -0.05) is 0 Å². The van der Waals surface area contributed by atoms with Crippen molar-refractivity contribution in [3.05, 3.63) is 32.6 Å². The van der Waals surface area contributed by atoms with Crippen molar-refractivity contribution < 1.29 is 15.0 Å². The summed E-state index contributed by atoms with van der Waals surface area (Å²) in [6.45, 7) is -0.784. The van der Waals surface area contributed by atoms with Gasteiger partial charge in [0, 0.05) is 6.07 Å². The summed E-state index contributed by atoms with van der Waals surface area (Å²) in [5.74, 6) is -1.40. The molecule has 13 heavy (non-hydrogen) atoms. The molecule has 7 heteroatoms. The lowest BCUT2D eigenvalue weighted by Crippen LogP contribution is -2.36. The lowest BCUT2D eigenvalue weighted by Gasteiger charge is -1.98. The van der Waals surface area contributed by atoms with Crippen molar-refractivity contribution in [1.29, 1.82) is 0 Å². The number of nitrogens with one attached hydrogen (secondary N) is 1. The van der Waals surface area contributed by atoms with Crippen LogP contribution in [0.1, 0.15) is 10.5 Å². The second-order valence-corrected chi connectivity index (χ2v) is 2.20. The van der Waals surface area contributed by atoms with Crippen LogP contribution in [0.5, 0.6) is 0 Å². The molecule has 0 fully saturated rings. The average Bonchev–Trinajstić information content (AvgIpc) is 2.03. The molecule has 0 spiro atoms. The Morgan fingerprint density at radius 2 is 2.15 bits per heavy atom. The summed E-state index contributed by atoms with van der Waals surface area (Å²) in [6.07, 6.45) is 0. The molecule has 3 N–H and O–H groups in total. The normalized spacial score (nSPS) is 9.92. The Bertz CT molecular complexity index is 412. The third kappa shape index (κ3) is 1.64. The zero-order valence-electron chi connectivity index (χ0n) is 6.35. The lowest BCUT2D eigenvalue weighted by molar-refractivity contribution is 0.0688. The Labute approximate surface area is 70.9 Å². The molecule has 0 bridgehead atoms. The third-order valence-electron chi connectivity index (χ3n) is 1.39. The van der Waals surface area contributed by atoms with E-state index in [4.69, 9.17) is 10.2 Å². The number of carbonyl (C=O) groups is 1. The molecule has 1 rings (SSSR count). The number of aliphatic hydroxyl groups excluding tert-OH is 1. The number of rotatable bonds is 2. The highest BCUT2D eigenvalue weighted by molar-refractivity contribution is 5.84. The lowest BCUT2D eigenvalue weighted by atomic mass is 10.4. The number of aliphatic hydroxyl groups is 1. The summed E-state index contributed by atoms with van der Waals surface area (Å²) in [5, 5.41) is 16.9. The zero-order chi connectivity index (χ0) is 10.0. The van der Waals surface area contributed by atoms with E-state index in [0.717, 1.165) is 6.07 Å². The molecule has 0 aliphatic rings. The number of aromatic nitrogens is 2. The molecule has 1 aromatic rings. The van der Waals surface area contributed by atoms with E-state index in [1.807, 2.05) is 4.98 Å². The Morgan fingerprint density at radius 3 is 2.54 bits per heavy atom. The first-order valence-corrected chi connectivity index (χ1v) is 3.24. The van der Waals surface area contributed by atoms with Gasteiger partial charge in [0.25, 0.3) is 5.56 Å². The fraction of sp³-hybridized carbons (Fsp3) is 0.167. The van der Waals surface area contributed by atoms with E-state index in [9.17, 15) is 14.4 Å². The third-order valence-corrected chi connectivity index (χ3v) is 1.39. The van der Waals surface area contributed by atoms with Crippen LogP contribution < -0.4 is 11.2 Å². The van der Waals surface area contributed by atoms with E-state index in [2.05, 4.69) is 0 Å². The van der Waals surface area contributed by atoms with Crippen LogP contribution in [0.15, 0.2) is 15.7 Å². The first kappa shape index (κ1) is 9.20. The Morgan fingerprint density at radius 1 is 1.54 bits per heavy atom. The van der Waals surface area contributed by atoms with Crippen LogP contribution in [0, 0.1) is 0 Å². The minimum atomic E-state index is -1.40. The summed E-state index contributed by atoms with van der Waals surface area (Å²) in [5.41, 5.74) is -2.31. The fourth-order valence-corrected chi connectivity index (χ4v) is 0.769. The van der Waals surface area contributed by atoms with Gasteiger partial charge in [-0.3, -0.25) is 4.79 Å². The van der Waals surface area contributed by atoms with Crippen molar-refractivity contribution >= 4 is 5.97 Å². The van der Waals surface area contributed by atoms with Crippen molar-refractivity contribution in [2.75, 3.05) is 0 Å². The Balaban J connectivity index is 3.47. The van der Waals surface area contributed by atoms with Gasteiger partial charge in [0.05, 0.1) is 0 Å². The number of carboxylic acids is 1. The van der Waals surface area contributed by atoms with Crippen molar-refractivity contribution in [3.8, 4) is 0 Å². The van der Waals surface area contributed by atoms with Crippen molar-refractivity contribution in [2.24, 2.45) is 0 Å². The van der Waals surface area contributed by atoms with Gasteiger partial charge < -0.3 is 15.2 Å². The Kier molecular flexibility index (Phi) is 2.29. The van der Waals surface area contributed by atoms with Crippen LogP contribution in [0.25, 0.3) is 0 Å². The topological polar surface area (TPSA) is 112 Å². The van der Waals surface area contributed by atoms with Crippen LogP contribution in [0.3, 0.4) is 0 Å². The molecular formula is C6H6N2O5. The predicted molar refractivity (Wildman–Crippen MR) is 40.5 cm³/mol. The van der Waals surface area contributed by atoms with Gasteiger partial charge in [0.2, 0.25) is 0 Å². The highest BCUT2D eigenvalue weighted by Gasteiger charge is 2.07. The molecular weight excluding hydrogens is 180 g/mol. The van der Waals surface area contributed by atoms with E-state index in [1.54, 1.807) is 0 Å². The standard InChI is InChI=1S/C6H6N2O5/c9-2-8-4(10)1-3(5(11)12)7-6(8)13/h1,9H,2H2,(H,7,13)(H,11,12). The van der Waals surface area contributed by atoms with Gasteiger partial charge in [0.15, 0.2) is 0 Å². The number of hydrogen-bond acceptors (Lipinski definition) is 4. The summed E-state index contributed by atoms with van der Waals surface area (Å²) >= 11 is 0. The van der Waals surface area contributed by atoms with Gasteiger partial charge in [-0.2, -0.15) is 0 Å². The van der Waals surface area contributed by atoms with Crippen LogP contribution >= 0.6 is 0 Å². The van der Waals surface area contributed by atoms with Crippen LogP contribution in [-0.2, 0) is 6.73 Å². The first-order valence-electron chi connectivity index (χ1n) is 3.24. The monoisotopic (exact) mass is 186 g/mol. The quantitative estimate of drug-likeness (QED) is 0.503. The molecule has 0 radical (unpaired) electrons. The summed E-state index contributed by atoms with van der Waals surface area (Å²) in [4.78, 5) is 34.0. The maximum Gasteiger partial charge on any atom is 0.352 e. The van der Waals surface area contributed by atoms with E-state index < -0.39 is 29.6 Å². The van der Waals surface area contributed by atoms with Crippen LogP contribution in [0.4, 0.5) is 0 Å². The summed E-state index contributed by atoms with van der Waals surface area (Å²) in [7, 11) is 0. The van der Waals surface area contributed by atoms with E-state index in [0.29, 0.717) is 4.57 Å². The average molecular weight is 186 g/mol. The fourth-order valence-electron chi connectivity index (χ4n) is 0.769. The molecule has 0 amide bonds. The van der Waals surface area contributed by atoms with Crippen molar-refractivity contribution in [2.45, 2.75) is 6.73 Å². The van der Waals surface area contributed by atoms with Gasteiger partial charge in [0.1, 0.15) is 12.4 Å². The van der Waals surface area contributed by atoms with Crippen LogP contribution in [-0.4, -0.2) is 25.7 Å². The van der Waals surface area contributed by atoms with E-state index >= 15 is 0 Å². The first-order chi connectivity index (χ1) is 6.06. The highest BCUT2D eigenvalue weighted by Crippen LogP contribution is 1.83. The predicted octanol–water partition coefficient (Wildman–Crippen LogP) is -1.82. The number of nitrogens with zero attached hydrogens (tertiary/aromatic N) is 1. The second kappa shape index (κ2) is 3.23. The molecule has 0 aliphatic carbocycles. The SMILES string of the molecule is O=C(O)c1cc(=O)n(CO)c(=O)[nH]1. The second-order valence-electron chi connectivity index (χ2n) is 2.20. The van der Waals surface area contributed by atoms with Crippen LogP contribution in [0.2, 0.25) is 0 Å². The molecule has 1 aromatic heterocycles. The molecule has 0 aliphatic heterocycles. The molecule has 0 saturated carbocycles. The number of aromatic amines is 1. The molecule has 0 saturated heterocycles. The number of carboxylic acid groups (broad SMARTS) is 1. The molecule has 1 heterocycles. The molecule has 70 valence electrons. The summed E-state index contributed by atoms with van der Waals surface area (Å²) in [6, 6.07) is 0.722. The molecule has 0 aromatic carbocycles. The number of H-pyrrole nitrogens is 1. The van der Waals surface area contributed by atoms with Gasteiger partial charge >= 0.3 is 11.7 Å². The van der Waals surface area contributed by atoms with Crippen molar-refractivity contribution in [3.63, 3.8) is 0 Å². The van der Waals surface area contributed by atoms with Crippen molar-refractivity contribution in [1.82, 2.24) is 9.55 Å². The minimum absolute atomic E-state index is 0.465. The van der Waals surface area contributed by atoms with E-state index in [-0.39, 0.29) is 0 Å².